The highest BCUT2D eigenvalue weighted by Gasteiger charge is 1.90. The Hall–Kier alpha value is -0.730. The maximum atomic E-state index is 9.84. The van der Waals surface area contributed by atoms with Crippen LogP contribution in [0.3, 0.4) is 0 Å². The fourth-order valence-electron chi connectivity index (χ4n) is 0.497. The fourth-order valence-corrected chi connectivity index (χ4v) is 0.497. The van der Waals surface area contributed by atoms with Crippen molar-refractivity contribution in [1.29, 1.82) is 0 Å². The van der Waals surface area contributed by atoms with Crippen molar-refractivity contribution in [2.45, 2.75) is 19.3 Å². The summed E-state index contributed by atoms with van der Waals surface area (Å²) in [5.74, 6) is 0. The third kappa shape index (κ3) is 7.27. The Morgan fingerprint density at radius 2 is 2.22 bits per heavy atom. The van der Waals surface area contributed by atoms with Crippen LogP contribution in [0.25, 0.3) is 0 Å². The first-order valence-electron chi connectivity index (χ1n) is 3.03. The summed E-state index contributed by atoms with van der Waals surface area (Å²) >= 11 is 0. The molecule has 0 aliphatic carbocycles. The van der Waals surface area contributed by atoms with Gasteiger partial charge in [0.25, 0.3) is 0 Å². The fraction of sp³-hybridized carbons (Fsp3) is 0.667. The number of unbranched alkanes of at least 4 members (excludes halogenated alkanes) is 2. The predicted octanol–water partition coefficient (Wildman–Crippen LogP) is 1.26. The molecule has 0 aliphatic heterocycles. The Kier molecular flexibility index (Phi) is 4.97. The molecule has 53 valence electrons. The van der Waals surface area contributed by atoms with Gasteiger partial charge in [0.1, 0.15) is 0 Å². The Morgan fingerprint density at radius 3 is 2.67 bits per heavy atom. The van der Waals surface area contributed by atoms with E-state index in [4.69, 9.17) is 5.11 Å². The summed E-state index contributed by atoms with van der Waals surface area (Å²) in [5, 5.41) is 10.4. The molecule has 0 heterocycles. The van der Waals surface area contributed by atoms with Gasteiger partial charge in [-0.25, -0.2) is 4.79 Å². The van der Waals surface area contributed by atoms with Crippen LogP contribution in [0.4, 0.5) is 4.79 Å². The molecule has 0 bridgehead atoms. The highest BCUT2D eigenvalue weighted by atomic mass is 16.4. The van der Waals surface area contributed by atoms with Gasteiger partial charge in [-0.15, -0.1) is 0 Å². The van der Waals surface area contributed by atoms with Crippen molar-refractivity contribution in [1.82, 2.24) is 5.32 Å². The maximum absolute atomic E-state index is 9.84. The van der Waals surface area contributed by atoms with Crippen LogP contribution in [0, 0.1) is 6.92 Å². The summed E-state index contributed by atoms with van der Waals surface area (Å²) in [4.78, 5) is 9.84. The van der Waals surface area contributed by atoms with Gasteiger partial charge in [-0.3, -0.25) is 0 Å². The summed E-state index contributed by atoms with van der Waals surface area (Å²) in [6.07, 6.45) is 1.80. The van der Waals surface area contributed by atoms with Gasteiger partial charge < -0.3 is 10.4 Å². The molecule has 1 radical (unpaired) electrons. The molecule has 0 aromatic carbocycles. The molecule has 3 nitrogen and oxygen atoms in total. The number of hydrogen-bond donors (Lipinski definition) is 2. The van der Waals surface area contributed by atoms with Crippen molar-refractivity contribution in [3.05, 3.63) is 6.92 Å². The van der Waals surface area contributed by atoms with Crippen molar-refractivity contribution in [2.24, 2.45) is 0 Å². The monoisotopic (exact) mass is 130 g/mol. The average molecular weight is 130 g/mol. The lowest BCUT2D eigenvalue weighted by Gasteiger charge is -1.96. The van der Waals surface area contributed by atoms with Gasteiger partial charge in [0.05, 0.1) is 0 Å². The molecule has 0 aliphatic rings. The minimum absolute atomic E-state index is 0.546. The first-order valence-corrected chi connectivity index (χ1v) is 3.03. The standard InChI is InChI=1S/C6H12NO2/c1-2-3-4-5-7-6(8)9/h7H,1-5H2,(H,8,9). The first-order chi connectivity index (χ1) is 4.27. The van der Waals surface area contributed by atoms with Crippen molar-refractivity contribution in [3.63, 3.8) is 0 Å². The van der Waals surface area contributed by atoms with Crippen molar-refractivity contribution in [2.75, 3.05) is 6.54 Å². The van der Waals surface area contributed by atoms with E-state index in [-0.39, 0.29) is 0 Å². The lowest BCUT2D eigenvalue weighted by atomic mass is 10.2. The normalized spacial score (nSPS) is 9.00. The molecule has 9 heavy (non-hydrogen) atoms. The molecular formula is C6H12NO2. The van der Waals surface area contributed by atoms with Crippen LogP contribution in [-0.4, -0.2) is 17.7 Å². The Bertz CT molecular complexity index is 83.1. The Labute approximate surface area is 55.1 Å². The van der Waals surface area contributed by atoms with Crippen molar-refractivity contribution >= 4 is 6.09 Å². The van der Waals surface area contributed by atoms with Crippen LogP contribution in [0.5, 0.6) is 0 Å². The lowest BCUT2D eigenvalue weighted by Crippen LogP contribution is -2.21. The summed E-state index contributed by atoms with van der Waals surface area (Å²) in [6.45, 7) is 4.17. The molecule has 0 aromatic rings. The molecule has 1 amide bonds. The summed E-state index contributed by atoms with van der Waals surface area (Å²) in [5.41, 5.74) is 0. The molecule has 0 saturated carbocycles. The van der Waals surface area contributed by atoms with E-state index in [0.29, 0.717) is 6.54 Å². The molecule has 2 N–H and O–H groups in total. The molecule has 0 fully saturated rings. The van der Waals surface area contributed by atoms with E-state index >= 15 is 0 Å². The summed E-state index contributed by atoms with van der Waals surface area (Å²) in [6, 6.07) is 0. The Balaban J connectivity index is 2.83. The smallest absolute Gasteiger partial charge is 0.404 e. The number of nitrogens with one attached hydrogen (secondary N) is 1. The molecule has 3 heteroatoms. The van der Waals surface area contributed by atoms with E-state index in [1.807, 2.05) is 0 Å². The molecule has 0 saturated heterocycles. The third-order valence-corrected chi connectivity index (χ3v) is 0.953. The van der Waals surface area contributed by atoms with E-state index in [1.54, 1.807) is 0 Å². The average Bonchev–Trinajstić information content (AvgIpc) is 1.80. The van der Waals surface area contributed by atoms with Crippen LogP contribution < -0.4 is 5.32 Å². The first kappa shape index (κ1) is 8.27. The number of amides is 1. The van der Waals surface area contributed by atoms with Crippen LogP contribution in [0.2, 0.25) is 0 Å². The van der Waals surface area contributed by atoms with Gasteiger partial charge >= 0.3 is 6.09 Å². The van der Waals surface area contributed by atoms with Crippen molar-refractivity contribution < 1.29 is 9.90 Å². The zero-order valence-electron chi connectivity index (χ0n) is 5.39. The number of carbonyl (C=O) groups is 1. The quantitative estimate of drug-likeness (QED) is 0.563. The molecule has 0 spiro atoms. The molecule has 0 aromatic heterocycles. The van der Waals surface area contributed by atoms with Gasteiger partial charge in [-0.2, -0.15) is 0 Å². The van der Waals surface area contributed by atoms with Gasteiger partial charge in [0.15, 0.2) is 0 Å². The maximum Gasteiger partial charge on any atom is 0.404 e. The minimum atomic E-state index is -0.945. The number of hydrogen-bond acceptors (Lipinski definition) is 1. The number of rotatable bonds is 4. The second kappa shape index (κ2) is 5.41. The SMILES string of the molecule is [CH2]CCCCNC(=O)O. The van der Waals surface area contributed by atoms with E-state index in [0.717, 1.165) is 19.3 Å². The largest absolute Gasteiger partial charge is 0.465 e. The number of carboxylic acid groups (broad SMARTS) is 1. The van der Waals surface area contributed by atoms with Crippen LogP contribution >= 0.6 is 0 Å². The molecule has 0 atom stereocenters. The van der Waals surface area contributed by atoms with E-state index < -0.39 is 6.09 Å². The topological polar surface area (TPSA) is 49.3 Å². The zero-order chi connectivity index (χ0) is 7.11. The second-order valence-electron chi connectivity index (χ2n) is 1.79. The molecule has 0 unspecified atom stereocenters. The highest BCUT2D eigenvalue weighted by Crippen LogP contribution is 1.89. The minimum Gasteiger partial charge on any atom is -0.465 e. The van der Waals surface area contributed by atoms with Gasteiger partial charge in [0, 0.05) is 6.54 Å². The third-order valence-electron chi connectivity index (χ3n) is 0.953. The predicted molar refractivity (Wildman–Crippen MR) is 35.2 cm³/mol. The van der Waals surface area contributed by atoms with E-state index in [9.17, 15) is 4.79 Å². The van der Waals surface area contributed by atoms with Gasteiger partial charge in [0.2, 0.25) is 0 Å². The Morgan fingerprint density at radius 1 is 1.56 bits per heavy atom. The van der Waals surface area contributed by atoms with Gasteiger partial charge in [-0.1, -0.05) is 19.8 Å². The summed E-state index contributed by atoms with van der Waals surface area (Å²) < 4.78 is 0. The van der Waals surface area contributed by atoms with Crippen LogP contribution in [0.15, 0.2) is 0 Å². The van der Waals surface area contributed by atoms with E-state index in [1.165, 1.54) is 0 Å². The zero-order valence-corrected chi connectivity index (χ0v) is 5.39. The molecular weight excluding hydrogens is 118 g/mol. The van der Waals surface area contributed by atoms with Crippen LogP contribution in [0.1, 0.15) is 19.3 Å². The van der Waals surface area contributed by atoms with Gasteiger partial charge in [-0.05, 0) is 6.42 Å². The second-order valence-corrected chi connectivity index (χ2v) is 1.79. The highest BCUT2D eigenvalue weighted by molar-refractivity contribution is 5.64. The summed E-state index contributed by atoms with van der Waals surface area (Å²) in [7, 11) is 0. The molecule has 0 rings (SSSR count). The van der Waals surface area contributed by atoms with Crippen LogP contribution in [-0.2, 0) is 0 Å². The lowest BCUT2D eigenvalue weighted by molar-refractivity contribution is 0.194. The van der Waals surface area contributed by atoms with E-state index in [2.05, 4.69) is 12.2 Å². The van der Waals surface area contributed by atoms with Crippen molar-refractivity contribution in [3.8, 4) is 0 Å².